The number of hydrogen-bond acceptors (Lipinski definition) is 7. The topological polar surface area (TPSA) is 46.6 Å². The van der Waals surface area contributed by atoms with Gasteiger partial charge in [0.2, 0.25) is 13.6 Å². The monoisotopic (exact) mass is 487 g/mol. The molecule has 0 aromatic heterocycles. The SMILES string of the molecule is CCN(CC)c1ccc(C2N(Cc3ccc4c(c3)OCO4)CCN2Cc2ccc3c(c2)OCO3)cc1. The van der Waals surface area contributed by atoms with E-state index in [1.807, 2.05) is 12.1 Å². The van der Waals surface area contributed by atoms with Crippen LogP contribution < -0.4 is 23.8 Å². The van der Waals surface area contributed by atoms with Gasteiger partial charge >= 0.3 is 0 Å². The Morgan fingerprint density at radius 2 is 1.17 bits per heavy atom. The lowest BCUT2D eigenvalue weighted by Gasteiger charge is -2.31. The van der Waals surface area contributed by atoms with E-state index in [2.05, 4.69) is 77.1 Å². The van der Waals surface area contributed by atoms with Crippen molar-refractivity contribution in [2.45, 2.75) is 33.1 Å². The second-order valence-electron chi connectivity index (χ2n) is 9.45. The molecule has 0 N–H and O–H groups in total. The third-order valence-electron chi connectivity index (χ3n) is 7.33. The summed E-state index contributed by atoms with van der Waals surface area (Å²) in [6.45, 7) is 10.7. The molecule has 3 heterocycles. The van der Waals surface area contributed by atoms with E-state index < -0.39 is 0 Å². The molecule has 1 saturated heterocycles. The molecule has 188 valence electrons. The van der Waals surface area contributed by atoms with Crippen LogP contribution >= 0.6 is 0 Å². The molecule has 0 aliphatic carbocycles. The molecule has 1 fully saturated rings. The number of anilines is 1. The summed E-state index contributed by atoms with van der Waals surface area (Å²) in [5.74, 6) is 3.33. The number of ether oxygens (including phenoxy) is 4. The highest BCUT2D eigenvalue weighted by atomic mass is 16.7. The second-order valence-corrected chi connectivity index (χ2v) is 9.45. The number of rotatable bonds is 8. The van der Waals surface area contributed by atoms with Crippen molar-refractivity contribution in [1.82, 2.24) is 9.80 Å². The molecule has 7 nitrogen and oxygen atoms in total. The van der Waals surface area contributed by atoms with E-state index in [0.717, 1.165) is 62.3 Å². The van der Waals surface area contributed by atoms with Gasteiger partial charge in [-0.3, -0.25) is 9.80 Å². The minimum Gasteiger partial charge on any atom is -0.454 e. The molecule has 3 aromatic rings. The van der Waals surface area contributed by atoms with E-state index in [1.165, 1.54) is 22.4 Å². The largest absolute Gasteiger partial charge is 0.454 e. The molecule has 7 heteroatoms. The van der Waals surface area contributed by atoms with Gasteiger partial charge in [0.15, 0.2) is 23.0 Å². The predicted molar refractivity (Wildman–Crippen MR) is 139 cm³/mol. The van der Waals surface area contributed by atoms with E-state index in [9.17, 15) is 0 Å². The molecule has 3 aromatic carbocycles. The molecular formula is C29H33N3O4. The fraction of sp³-hybridized carbons (Fsp3) is 0.379. The Kier molecular flexibility index (Phi) is 6.34. The highest BCUT2D eigenvalue weighted by Gasteiger charge is 2.33. The number of benzene rings is 3. The first kappa shape index (κ1) is 23.0. The summed E-state index contributed by atoms with van der Waals surface area (Å²) < 4.78 is 22.3. The Morgan fingerprint density at radius 3 is 1.67 bits per heavy atom. The smallest absolute Gasteiger partial charge is 0.231 e. The van der Waals surface area contributed by atoms with Crippen LogP contribution in [0, 0.1) is 0 Å². The molecular weight excluding hydrogens is 454 g/mol. The maximum atomic E-state index is 5.63. The van der Waals surface area contributed by atoms with Gasteiger partial charge in [-0.15, -0.1) is 0 Å². The molecule has 0 unspecified atom stereocenters. The van der Waals surface area contributed by atoms with E-state index >= 15 is 0 Å². The van der Waals surface area contributed by atoms with Gasteiger partial charge in [-0.05, 0) is 66.9 Å². The zero-order valence-electron chi connectivity index (χ0n) is 21.0. The van der Waals surface area contributed by atoms with Crippen LogP contribution in [0.25, 0.3) is 0 Å². The van der Waals surface area contributed by atoms with Crippen LogP contribution in [0.2, 0.25) is 0 Å². The number of fused-ring (bicyclic) bond motifs is 2. The van der Waals surface area contributed by atoms with Gasteiger partial charge in [0.05, 0.1) is 6.17 Å². The van der Waals surface area contributed by atoms with Crippen molar-refractivity contribution >= 4 is 5.69 Å². The van der Waals surface area contributed by atoms with Gasteiger partial charge in [-0.2, -0.15) is 0 Å². The van der Waals surface area contributed by atoms with Gasteiger partial charge in [-0.1, -0.05) is 24.3 Å². The normalized spacial score (nSPS) is 17.2. The first-order chi connectivity index (χ1) is 17.7. The molecule has 0 bridgehead atoms. The Balaban J connectivity index is 1.27. The molecule has 3 aliphatic heterocycles. The van der Waals surface area contributed by atoms with Gasteiger partial charge in [0, 0.05) is 45.0 Å². The standard InChI is InChI=1S/C29H33N3O4/c1-3-30(4-2)24-9-7-23(8-10-24)29-31(17-21-5-11-25-27(15-21)35-19-33-25)13-14-32(29)18-22-6-12-26-28(16-22)36-20-34-26/h5-12,15-16,29H,3-4,13-14,17-20H2,1-2H3. The Labute approximate surface area is 212 Å². The predicted octanol–water partition coefficient (Wildman–Crippen LogP) is 5.01. The maximum Gasteiger partial charge on any atom is 0.231 e. The lowest BCUT2D eigenvalue weighted by molar-refractivity contribution is 0.125. The van der Waals surface area contributed by atoms with Crippen molar-refractivity contribution in [3.05, 3.63) is 77.4 Å². The Morgan fingerprint density at radius 1 is 0.667 bits per heavy atom. The van der Waals surface area contributed by atoms with Crippen molar-refractivity contribution in [2.75, 3.05) is 44.7 Å². The minimum absolute atomic E-state index is 0.173. The maximum absolute atomic E-state index is 5.63. The molecule has 0 amide bonds. The van der Waals surface area contributed by atoms with E-state index in [0.29, 0.717) is 13.6 Å². The second kappa shape index (κ2) is 9.91. The van der Waals surface area contributed by atoms with Crippen LogP contribution in [0.15, 0.2) is 60.7 Å². The van der Waals surface area contributed by atoms with Crippen molar-refractivity contribution in [1.29, 1.82) is 0 Å². The van der Waals surface area contributed by atoms with E-state index in [4.69, 9.17) is 18.9 Å². The van der Waals surface area contributed by atoms with Crippen LogP contribution in [0.1, 0.15) is 36.7 Å². The zero-order chi connectivity index (χ0) is 24.5. The molecule has 6 rings (SSSR count). The molecule has 0 radical (unpaired) electrons. The summed E-state index contributed by atoms with van der Waals surface area (Å²) in [6.07, 6.45) is 0.173. The minimum atomic E-state index is 0.173. The van der Waals surface area contributed by atoms with E-state index in [-0.39, 0.29) is 6.17 Å². The zero-order valence-corrected chi connectivity index (χ0v) is 21.0. The van der Waals surface area contributed by atoms with Gasteiger partial charge in [0.25, 0.3) is 0 Å². The Bertz CT molecular complexity index is 1140. The lowest BCUT2D eigenvalue weighted by atomic mass is 10.1. The van der Waals surface area contributed by atoms with Crippen LogP contribution in [-0.2, 0) is 13.1 Å². The summed E-state index contributed by atoms with van der Waals surface area (Å²) >= 11 is 0. The van der Waals surface area contributed by atoms with Gasteiger partial charge in [-0.25, -0.2) is 0 Å². The Hall–Kier alpha value is -3.42. The third-order valence-corrected chi connectivity index (χ3v) is 7.33. The van der Waals surface area contributed by atoms with Gasteiger partial charge in [0.1, 0.15) is 0 Å². The summed E-state index contributed by atoms with van der Waals surface area (Å²) in [4.78, 5) is 7.49. The molecule has 0 saturated carbocycles. The summed E-state index contributed by atoms with van der Waals surface area (Å²) in [7, 11) is 0. The van der Waals surface area contributed by atoms with Crippen molar-refractivity contribution in [3.8, 4) is 23.0 Å². The lowest BCUT2D eigenvalue weighted by Crippen LogP contribution is -2.30. The average molecular weight is 488 g/mol. The van der Waals surface area contributed by atoms with Crippen molar-refractivity contribution in [2.24, 2.45) is 0 Å². The first-order valence-corrected chi connectivity index (χ1v) is 12.8. The van der Waals surface area contributed by atoms with Crippen LogP contribution in [0.4, 0.5) is 5.69 Å². The fourth-order valence-electron chi connectivity index (χ4n) is 5.48. The van der Waals surface area contributed by atoms with Crippen molar-refractivity contribution in [3.63, 3.8) is 0 Å². The number of nitrogens with zero attached hydrogens (tertiary/aromatic N) is 3. The summed E-state index contributed by atoms with van der Waals surface area (Å²) in [6, 6.07) is 21.7. The van der Waals surface area contributed by atoms with Crippen molar-refractivity contribution < 1.29 is 18.9 Å². The average Bonchev–Trinajstić information content (AvgIpc) is 3.65. The fourth-order valence-corrected chi connectivity index (χ4v) is 5.48. The summed E-state index contributed by atoms with van der Waals surface area (Å²) in [5, 5.41) is 0. The molecule has 3 aliphatic rings. The molecule has 36 heavy (non-hydrogen) atoms. The first-order valence-electron chi connectivity index (χ1n) is 12.8. The van der Waals surface area contributed by atoms with Crippen LogP contribution in [0.5, 0.6) is 23.0 Å². The highest BCUT2D eigenvalue weighted by molar-refractivity contribution is 5.48. The van der Waals surface area contributed by atoms with Crippen LogP contribution in [-0.4, -0.2) is 49.6 Å². The van der Waals surface area contributed by atoms with E-state index in [1.54, 1.807) is 0 Å². The third kappa shape index (κ3) is 4.45. The van der Waals surface area contributed by atoms with Gasteiger partial charge < -0.3 is 23.8 Å². The molecule has 0 atom stereocenters. The molecule has 0 spiro atoms. The highest BCUT2D eigenvalue weighted by Crippen LogP contribution is 2.38. The summed E-state index contributed by atoms with van der Waals surface area (Å²) in [5.41, 5.74) is 5.04. The quantitative estimate of drug-likeness (QED) is 0.443. The van der Waals surface area contributed by atoms with Crippen LogP contribution in [0.3, 0.4) is 0 Å². The number of hydrogen-bond donors (Lipinski definition) is 0.